The number of nitrogens with one attached hydrogen (secondary N) is 1. The van der Waals surface area contributed by atoms with Gasteiger partial charge in [-0.15, -0.1) is 5.10 Å². The Kier molecular flexibility index (Phi) is 5.82. The van der Waals surface area contributed by atoms with Gasteiger partial charge in [0.05, 0.1) is 18.5 Å². The van der Waals surface area contributed by atoms with Gasteiger partial charge in [0, 0.05) is 6.92 Å². The van der Waals surface area contributed by atoms with Crippen LogP contribution in [-0.4, -0.2) is 38.1 Å². The fraction of sp³-hybridized carbons (Fsp3) is 0.167. The number of aryl methyl sites for hydroxylation is 1. The number of hydrazone groups is 1. The van der Waals surface area contributed by atoms with Crippen LogP contribution in [0.25, 0.3) is 5.69 Å². The maximum atomic E-state index is 12.0. The highest BCUT2D eigenvalue weighted by Crippen LogP contribution is 2.21. The van der Waals surface area contributed by atoms with Crippen LogP contribution in [0.3, 0.4) is 0 Å². The van der Waals surface area contributed by atoms with Crippen LogP contribution in [0.15, 0.2) is 58.8 Å². The Labute approximate surface area is 160 Å². The molecule has 0 radical (unpaired) electrons. The molecule has 0 saturated carbocycles. The Morgan fingerprint density at radius 2 is 1.85 bits per heavy atom. The van der Waals surface area contributed by atoms with Crippen LogP contribution in [0.2, 0.25) is 0 Å². The van der Waals surface area contributed by atoms with E-state index in [1.165, 1.54) is 6.92 Å². The van der Waals surface area contributed by atoms with E-state index in [-0.39, 0.29) is 10.8 Å². The third-order valence-corrected chi connectivity index (χ3v) is 4.59. The maximum Gasteiger partial charge on any atom is 0.220 e. The predicted molar refractivity (Wildman–Crippen MR) is 104 cm³/mol. The highest BCUT2D eigenvalue weighted by atomic mass is 32.2. The molecule has 0 fully saturated rings. The first-order valence-corrected chi connectivity index (χ1v) is 8.90. The van der Waals surface area contributed by atoms with E-state index in [4.69, 9.17) is 4.74 Å². The second-order valence-electron chi connectivity index (χ2n) is 5.62. The van der Waals surface area contributed by atoms with Crippen LogP contribution < -0.4 is 10.2 Å². The summed E-state index contributed by atoms with van der Waals surface area (Å²) in [5.74, 6) is 0.544. The number of carbonyl (C=O) groups excluding carboxylic acids is 1. The molecule has 9 heteroatoms. The van der Waals surface area contributed by atoms with Gasteiger partial charge >= 0.3 is 0 Å². The van der Waals surface area contributed by atoms with Gasteiger partial charge in [-0.2, -0.15) is 9.78 Å². The number of carbonyl (C=O) groups is 1. The lowest BCUT2D eigenvalue weighted by Crippen LogP contribution is -2.10. The molecule has 0 spiro atoms. The zero-order chi connectivity index (χ0) is 19.2. The normalized spacial score (nSPS) is 11.3. The summed E-state index contributed by atoms with van der Waals surface area (Å²) < 4.78 is 6.68. The zero-order valence-electron chi connectivity index (χ0n) is 15.1. The van der Waals surface area contributed by atoms with Crippen molar-refractivity contribution in [3.8, 4) is 11.4 Å². The minimum Gasteiger partial charge on any atom is -0.497 e. The van der Waals surface area contributed by atoms with Gasteiger partial charge in [0.2, 0.25) is 5.16 Å². The third-order valence-electron chi connectivity index (χ3n) is 3.59. The number of aromatic nitrogens is 4. The quantitative estimate of drug-likeness (QED) is 0.303. The van der Waals surface area contributed by atoms with Crippen molar-refractivity contribution in [2.75, 3.05) is 12.5 Å². The molecule has 0 saturated heterocycles. The van der Waals surface area contributed by atoms with Crippen molar-refractivity contribution in [3.63, 3.8) is 0 Å². The molecule has 8 nitrogen and oxygen atoms in total. The van der Waals surface area contributed by atoms with Gasteiger partial charge in [-0.3, -0.25) is 10.2 Å². The number of anilines is 1. The summed E-state index contributed by atoms with van der Waals surface area (Å²) >= 11 is 1.10. The third kappa shape index (κ3) is 4.70. The summed E-state index contributed by atoms with van der Waals surface area (Å²) in [5.41, 5.74) is 5.54. The number of Topliss-reactive ketones (excluding diaryl/α,β-unsaturated/α-hetero) is 1. The number of tetrazole rings is 1. The number of benzene rings is 2. The molecule has 3 rings (SSSR count). The number of nitrogens with zero attached hydrogens (tertiary/aromatic N) is 5. The molecule has 2 aromatic carbocycles. The second-order valence-corrected chi connectivity index (χ2v) is 6.58. The van der Waals surface area contributed by atoms with E-state index >= 15 is 0 Å². The molecule has 0 aliphatic heterocycles. The summed E-state index contributed by atoms with van der Waals surface area (Å²) in [6.07, 6.45) is 0. The Morgan fingerprint density at radius 1 is 1.15 bits per heavy atom. The molecular weight excluding hydrogens is 364 g/mol. The lowest BCUT2D eigenvalue weighted by molar-refractivity contribution is -0.110. The van der Waals surface area contributed by atoms with Gasteiger partial charge in [-0.05, 0) is 65.5 Å². The SMILES string of the molecule is COc1ccc(NN=C(Sc2nnnn2-c2ccc(C)cc2)C(C)=O)cc1. The van der Waals surface area contributed by atoms with Crippen molar-refractivity contribution >= 4 is 28.3 Å². The van der Waals surface area contributed by atoms with Gasteiger partial charge in [0.15, 0.2) is 10.8 Å². The Balaban J connectivity index is 1.79. The van der Waals surface area contributed by atoms with E-state index in [1.807, 2.05) is 31.2 Å². The van der Waals surface area contributed by atoms with Crippen LogP contribution in [0.5, 0.6) is 5.75 Å². The zero-order valence-corrected chi connectivity index (χ0v) is 15.9. The van der Waals surface area contributed by atoms with E-state index < -0.39 is 0 Å². The number of hydrogen-bond donors (Lipinski definition) is 1. The smallest absolute Gasteiger partial charge is 0.220 e. The molecule has 1 aromatic heterocycles. The van der Waals surface area contributed by atoms with Crippen molar-refractivity contribution in [1.29, 1.82) is 0 Å². The number of hydrogen-bond acceptors (Lipinski definition) is 8. The Bertz CT molecular complexity index is 951. The molecule has 1 heterocycles. The van der Waals surface area contributed by atoms with Crippen molar-refractivity contribution in [3.05, 3.63) is 54.1 Å². The Morgan fingerprint density at radius 3 is 2.48 bits per heavy atom. The van der Waals surface area contributed by atoms with Gasteiger partial charge < -0.3 is 4.74 Å². The first-order valence-electron chi connectivity index (χ1n) is 8.09. The van der Waals surface area contributed by atoms with Crippen LogP contribution in [0.1, 0.15) is 12.5 Å². The molecule has 0 aliphatic rings. The minimum absolute atomic E-state index is 0.195. The van der Waals surface area contributed by atoms with Crippen LogP contribution in [0, 0.1) is 6.92 Å². The number of ether oxygens (including phenoxy) is 1. The molecule has 138 valence electrons. The average molecular weight is 382 g/mol. The number of rotatable bonds is 6. The topological polar surface area (TPSA) is 94.3 Å². The standard InChI is InChI=1S/C18H18N6O2S/c1-12-4-8-15(9-5-12)24-18(21-22-23-24)27-17(13(2)25)20-19-14-6-10-16(26-3)11-7-14/h4-11,19H,1-3H3. The molecule has 3 aromatic rings. The second kappa shape index (κ2) is 8.45. The van der Waals surface area contributed by atoms with Crippen molar-refractivity contribution in [2.24, 2.45) is 5.10 Å². The minimum atomic E-state index is -0.195. The molecule has 0 bridgehead atoms. The summed E-state index contributed by atoms with van der Waals surface area (Å²) in [6, 6.07) is 15.0. The number of methoxy groups -OCH3 is 1. The maximum absolute atomic E-state index is 12.0. The fourth-order valence-electron chi connectivity index (χ4n) is 2.13. The van der Waals surface area contributed by atoms with Crippen molar-refractivity contribution in [1.82, 2.24) is 20.2 Å². The van der Waals surface area contributed by atoms with Gasteiger partial charge in [-0.25, -0.2) is 0 Å². The van der Waals surface area contributed by atoms with Gasteiger partial charge in [0.25, 0.3) is 0 Å². The Hall–Kier alpha value is -3.20. The molecule has 1 N–H and O–H groups in total. The first kappa shape index (κ1) is 18.6. The molecule has 0 atom stereocenters. The first-order chi connectivity index (χ1) is 13.1. The van der Waals surface area contributed by atoms with Crippen molar-refractivity contribution < 1.29 is 9.53 Å². The molecular formula is C18H18N6O2S. The van der Waals surface area contributed by atoms with Gasteiger partial charge in [-0.1, -0.05) is 17.7 Å². The van der Waals surface area contributed by atoms with E-state index in [2.05, 4.69) is 26.1 Å². The highest BCUT2D eigenvalue weighted by Gasteiger charge is 2.16. The lowest BCUT2D eigenvalue weighted by Gasteiger charge is -2.06. The van der Waals surface area contributed by atoms with E-state index in [1.54, 1.807) is 36.1 Å². The lowest BCUT2D eigenvalue weighted by atomic mass is 10.2. The highest BCUT2D eigenvalue weighted by molar-refractivity contribution is 8.15. The monoisotopic (exact) mass is 382 g/mol. The van der Waals surface area contributed by atoms with Crippen molar-refractivity contribution in [2.45, 2.75) is 19.0 Å². The molecule has 0 unspecified atom stereocenters. The summed E-state index contributed by atoms with van der Waals surface area (Å²) in [4.78, 5) is 12.0. The number of ketones is 1. The average Bonchev–Trinajstić information content (AvgIpc) is 3.14. The van der Waals surface area contributed by atoms with E-state index in [0.717, 1.165) is 34.4 Å². The van der Waals surface area contributed by atoms with E-state index in [0.29, 0.717) is 5.16 Å². The molecule has 0 amide bonds. The summed E-state index contributed by atoms with van der Waals surface area (Å²) in [5, 5.41) is 16.6. The summed E-state index contributed by atoms with van der Waals surface area (Å²) in [7, 11) is 1.60. The van der Waals surface area contributed by atoms with Gasteiger partial charge in [0.1, 0.15) is 5.75 Å². The molecule has 0 aliphatic carbocycles. The van der Waals surface area contributed by atoms with Crippen LogP contribution in [-0.2, 0) is 4.79 Å². The molecule has 27 heavy (non-hydrogen) atoms. The van der Waals surface area contributed by atoms with E-state index in [9.17, 15) is 4.79 Å². The number of thioether (sulfide) groups is 1. The summed E-state index contributed by atoms with van der Waals surface area (Å²) in [6.45, 7) is 3.45. The van der Waals surface area contributed by atoms with Crippen LogP contribution in [0.4, 0.5) is 5.69 Å². The predicted octanol–water partition coefficient (Wildman–Crippen LogP) is 3.09. The van der Waals surface area contributed by atoms with Crippen LogP contribution >= 0.6 is 11.8 Å². The fourth-order valence-corrected chi connectivity index (χ4v) is 2.85. The largest absolute Gasteiger partial charge is 0.497 e.